The molecule has 3 rings (SSSR count). The molecule has 1 aromatic carbocycles. The Morgan fingerprint density at radius 2 is 2.14 bits per heavy atom. The van der Waals surface area contributed by atoms with Crippen LogP contribution in [-0.4, -0.2) is 42.9 Å². The second-order valence-corrected chi connectivity index (χ2v) is 5.77. The van der Waals surface area contributed by atoms with E-state index in [1.807, 2.05) is 29.2 Å². The van der Waals surface area contributed by atoms with Crippen molar-refractivity contribution < 1.29 is 14.3 Å². The number of amides is 1. The molecule has 0 saturated carbocycles. The standard InChI is InChI=1S/C16H22N2O3/c17-14-4-1-3-13(11-14)5-6-15(19)18-8-2-7-16(12-18)20-9-10-21-16/h1,3-4,11H,2,5-10,12,17H2. The van der Waals surface area contributed by atoms with Crippen molar-refractivity contribution in [1.29, 1.82) is 0 Å². The zero-order valence-corrected chi connectivity index (χ0v) is 12.2. The summed E-state index contributed by atoms with van der Waals surface area (Å²) in [6.07, 6.45) is 3.03. The largest absolute Gasteiger partial charge is 0.399 e. The molecule has 5 nitrogen and oxygen atoms in total. The van der Waals surface area contributed by atoms with Crippen LogP contribution in [0.15, 0.2) is 24.3 Å². The van der Waals surface area contributed by atoms with Crippen LogP contribution in [0.4, 0.5) is 5.69 Å². The lowest BCUT2D eigenvalue weighted by Crippen LogP contribution is -2.51. The van der Waals surface area contributed by atoms with Gasteiger partial charge in [-0.05, 0) is 30.5 Å². The fourth-order valence-electron chi connectivity index (χ4n) is 3.09. The van der Waals surface area contributed by atoms with E-state index in [9.17, 15) is 4.79 Å². The van der Waals surface area contributed by atoms with E-state index in [1.54, 1.807) is 0 Å². The van der Waals surface area contributed by atoms with Gasteiger partial charge < -0.3 is 20.1 Å². The molecule has 2 heterocycles. The molecule has 0 radical (unpaired) electrons. The van der Waals surface area contributed by atoms with Crippen molar-refractivity contribution in [3.8, 4) is 0 Å². The van der Waals surface area contributed by atoms with Crippen molar-refractivity contribution in [1.82, 2.24) is 4.90 Å². The number of benzene rings is 1. The highest BCUT2D eigenvalue weighted by Crippen LogP contribution is 2.30. The van der Waals surface area contributed by atoms with Crippen molar-refractivity contribution in [2.24, 2.45) is 0 Å². The maximum Gasteiger partial charge on any atom is 0.223 e. The highest BCUT2D eigenvalue weighted by atomic mass is 16.7. The zero-order chi connectivity index (χ0) is 14.7. The quantitative estimate of drug-likeness (QED) is 0.858. The molecule has 5 heteroatoms. The molecule has 1 aromatic rings. The molecule has 0 aromatic heterocycles. The van der Waals surface area contributed by atoms with Crippen molar-refractivity contribution in [2.75, 3.05) is 32.0 Å². The molecule has 0 bridgehead atoms. The molecule has 21 heavy (non-hydrogen) atoms. The number of ether oxygens (including phenoxy) is 2. The Morgan fingerprint density at radius 3 is 2.90 bits per heavy atom. The highest BCUT2D eigenvalue weighted by Gasteiger charge is 2.41. The minimum atomic E-state index is -0.537. The van der Waals surface area contributed by atoms with Crippen LogP contribution in [0.2, 0.25) is 0 Å². The first-order chi connectivity index (χ1) is 10.2. The fourth-order valence-corrected chi connectivity index (χ4v) is 3.09. The lowest BCUT2D eigenvalue weighted by molar-refractivity contribution is -0.193. The third-order valence-electron chi connectivity index (χ3n) is 4.16. The van der Waals surface area contributed by atoms with E-state index < -0.39 is 5.79 Å². The molecule has 0 atom stereocenters. The predicted octanol–water partition coefficient (Wildman–Crippen LogP) is 1.57. The van der Waals surface area contributed by atoms with Crippen LogP contribution in [0, 0.1) is 0 Å². The lowest BCUT2D eigenvalue weighted by Gasteiger charge is -2.38. The number of hydrogen-bond acceptors (Lipinski definition) is 4. The molecule has 2 aliphatic heterocycles. The minimum Gasteiger partial charge on any atom is -0.399 e. The smallest absolute Gasteiger partial charge is 0.223 e. The van der Waals surface area contributed by atoms with Crippen LogP contribution in [0.5, 0.6) is 0 Å². The summed E-state index contributed by atoms with van der Waals surface area (Å²) in [5.41, 5.74) is 7.60. The van der Waals surface area contributed by atoms with Crippen molar-refractivity contribution in [3.63, 3.8) is 0 Å². The van der Waals surface area contributed by atoms with E-state index in [1.165, 1.54) is 0 Å². The molecule has 2 fully saturated rings. The molecule has 1 spiro atoms. The van der Waals surface area contributed by atoms with E-state index in [-0.39, 0.29) is 5.91 Å². The number of carbonyl (C=O) groups is 1. The highest BCUT2D eigenvalue weighted by molar-refractivity contribution is 5.76. The number of rotatable bonds is 3. The first-order valence-corrected chi connectivity index (χ1v) is 7.57. The Balaban J connectivity index is 1.55. The van der Waals surface area contributed by atoms with Gasteiger partial charge >= 0.3 is 0 Å². The monoisotopic (exact) mass is 290 g/mol. The zero-order valence-electron chi connectivity index (χ0n) is 12.2. The number of hydrogen-bond donors (Lipinski definition) is 1. The summed E-state index contributed by atoms with van der Waals surface area (Å²) < 4.78 is 11.4. The SMILES string of the molecule is Nc1cccc(CCC(=O)N2CCCC3(C2)OCCO3)c1. The van der Waals surface area contributed by atoms with Crippen LogP contribution in [0.3, 0.4) is 0 Å². The molecule has 1 amide bonds. The fraction of sp³-hybridized carbons (Fsp3) is 0.562. The van der Waals surface area contributed by atoms with E-state index in [4.69, 9.17) is 15.2 Å². The summed E-state index contributed by atoms with van der Waals surface area (Å²) in [7, 11) is 0. The maximum absolute atomic E-state index is 12.4. The Bertz CT molecular complexity index is 512. The molecule has 2 aliphatic rings. The van der Waals surface area contributed by atoms with E-state index in [0.29, 0.717) is 26.2 Å². The number of anilines is 1. The van der Waals surface area contributed by atoms with E-state index in [0.717, 1.165) is 37.1 Å². The first-order valence-electron chi connectivity index (χ1n) is 7.57. The second kappa shape index (κ2) is 6.03. The van der Waals surface area contributed by atoms with Crippen molar-refractivity contribution in [2.45, 2.75) is 31.5 Å². The van der Waals surface area contributed by atoms with Crippen LogP contribution in [-0.2, 0) is 20.7 Å². The van der Waals surface area contributed by atoms with Gasteiger partial charge in [0, 0.05) is 25.1 Å². The third kappa shape index (κ3) is 3.36. The summed E-state index contributed by atoms with van der Waals surface area (Å²) in [5.74, 6) is -0.374. The van der Waals surface area contributed by atoms with Crippen molar-refractivity contribution in [3.05, 3.63) is 29.8 Å². The molecule has 0 aliphatic carbocycles. The van der Waals surface area contributed by atoms with Gasteiger partial charge in [0.15, 0.2) is 5.79 Å². The third-order valence-corrected chi connectivity index (χ3v) is 4.16. The average Bonchev–Trinajstić information content (AvgIpc) is 2.93. The Kier molecular flexibility index (Phi) is 4.12. The number of aryl methyl sites for hydroxylation is 1. The van der Waals surface area contributed by atoms with Gasteiger partial charge in [-0.25, -0.2) is 0 Å². The van der Waals surface area contributed by atoms with Gasteiger partial charge in [0.1, 0.15) is 0 Å². The van der Waals surface area contributed by atoms with Crippen LogP contribution < -0.4 is 5.73 Å². The number of piperidine rings is 1. The Morgan fingerprint density at radius 1 is 1.33 bits per heavy atom. The number of carbonyl (C=O) groups excluding carboxylic acids is 1. The summed E-state index contributed by atoms with van der Waals surface area (Å²) >= 11 is 0. The molecule has 2 N–H and O–H groups in total. The Hall–Kier alpha value is -1.59. The topological polar surface area (TPSA) is 64.8 Å². The molecule has 114 valence electrons. The second-order valence-electron chi connectivity index (χ2n) is 5.77. The first kappa shape index (κ1) is 14.4. The van der Waals surface area contributed by atoms with Gasteiger partial charge in [-0.3, -0.25) is 4.79 Å². The molecular formula is C16H22N2O3. The normalized spacial score (nSPS) is 20.9. The number of nitrogen functional groups attached to an aromatic ring is 1. The average molecular weight is 290 g/mol. The van der Waals surface area contributed by atoms with Gasteiger partial charge in [0.05, 0.1) is 19.8 Å². The van der Waals surface area contributed by atoms with Gasteiger partial charge in [0.2, 0.25) is 5.91 Å². The lowest BCUT2D eigenvalue weighted by atomic mass is 10.0. The number of likely N-dealkylation sites (tertiary alicyclic amines) is 1. The van der Waals surface area contributed by atoms with Gasteiger partial charge in [-0.15, -0.1) is 0 Å². The van der Waals surface area contributed by atoms with Crippen LogP contribution >= 0.6 is 0 Å². The van der Waals surface area contributed by atoms with Crippen LogP contribution in [0.25, 0.3) is 0 Å². The Labute approximate surface area is 125 Å². The number of nitrogens with zero attached hydrogens (tertiary/aromatic N) is 1. The van der Waals surface area contributed by atoms with Crippen LogP contribution in [0.1, 0.15) is 24.8 Å². The van der Waals surface area contributed by atoms with Crippen molar-refractivity contribution >= 4 is 11.6 Å². The van der Waals surface area contributed by atoms with E-state index in [2.05, 4.69) is 0 Å². The van der Waals surface area contributed by atoms with Gasteiger partial charge in [-0.1, -0.05) is 12.1 Å². The summed E-state index contributed by atoms with van der Waals surface area (Å²) in [5, 5.41) is 0. The summed E-state index contributed by atoms with van der Waals surface area (Å²) in [6.45, 7) is 2.61. The molecule has 2 saturated heterocycles. The molecular weight excluding hydrogens is 268 g/mol. The predicted molar refractivity (Wildman–Crippen MR) is 79.6 cm³/mol. The van der Waals surface area contributed by atoms with Gasteiger partial charge in [0.25, 0.3) is 0 Å². The molecule has 0 unspecified atom stereocenters. The summed E-state index contributed by atoms with van der Waals surface area (Å²) in [4.78, 5) is 14.3. The minimum absolute atomic E-state index is 0.163. The number of nitrogens with two attached hydrogens (primary N) is 1. The maximum atomic E-state index is 12.4. The van der Waals surface area contributed by atoms with E-state index >= 15 is 0 Å². The van der Waals surface area contributed by atoms with Gasteiger partial charge in [-0.2, -0.15) is 0 Å². The summed E-state index contributed by atoms with van der Waals surface area (Å²) in [6, 6.07) is 7.71.